The van der Waals surface area contributed by atoms with Crippen molar-refractivity contribution in [2.24, 2.45) is 5.92 Å². The van der Waals surface area contributed by atoms with Crippen LogP contribution in [0.3, 0.4) is 0 Å². The highest BCUT2D eigenvalue weighted by molar-refractivity contribution is 7.99. The second-order valence-electron chi connectivity index (χ2n) is 6.43. The van der Waals surface area contributed by atoms with Crippen molar-refractivity contribution < 1.29 is 9.53 Å². The normalized spacial score (nSPS) is 17.2. The van der Waals surface area contributed by atoms with Crippen LogP contribution in [0.2, 0.25) is 0 Å². The number of carbonyl (C=O) groups is 1. The number of amides is 1. The van der Waals surface area contributed by atoms with E-state index in [0.29, 0.717) is 18.4 Å². The van der Waals surface area contributed by atoms with E-state index in [4.69, 9.17) is 4.74 Å². The van der Waals surface area contributed by atoms with Crippen LogP contribution in [0.25, 0.3) is 0 Å². The summed E-state index contributed by atoms with van der Waals surface area (Å²) < 4.78 is 7.38. The highest BCUT2D eigenvalue weighted by Crippen LogP contribution is 2.23. The minimum atomic E-state index is -0.866. The molecule has 0 unspecified atom stereocenters. The molecule has 1 aromatic heterocycles. The van der Waals surface area contributed by atoms with Crippen LogP contribution < -0.4 is 10.2 Å². The Morgan fingerprint density at radius 1 is 1.44 bits per heavy atom. The van der Waals surface area contributed by atoms with E-state index in [-0.39, 0.29) is 17.6 Å². The van der Waals surface area contributed by atoms with Gasteiger partial charge in [-0.25, -0.2) is 0 Å². The summed E-state index contributed by atoms with van der Waals surface area (Å²) >= 11 is 1.34. The Balaban J connectivity index is 2.00. The molecule has 1 fully saturated rings. The summed E-state index contributed by atoms with van der Waals surface area (Å²) in [5.74, 6) is 0.864. The van der Waals surface area contributed by atoms with E-state index in [9.17, 15) is 10.1 Å². The van der Waals surface area contributed by atoms with Gasteiger partial charge in [0.2, 0.25) is 11.9 Å². The third-order valence-electron chi connectivity index (χ3n) is 4.43. The monoisotopic (exact) mass is 366 g/mol. The fourth-order valence-corrected chi connectivity index (χ4v) is 3.22. The summed E-state index contributed by atoms with van der Waals surface area (Å²) in [4.78, 5) is 14.4. The van der Waals surface area contributed by atoms with E-state index in [1.807, 2.05) is 25.3 Å². The van der Waals surface area contributed by atoms with Gasteiger partial charge in [0.25, 0.3) is 0 Å². The fraction of sp³-hybridized carbons (Fsp3) is 0.750. The van der Waals surface area contributed by atoms with Gasteiger partial charge in [-0.1, -0.05) is 25.6 Å². The largest absolute Gasteiger partial charge is 0.378 e. The first-order valence-corrected chi connectivity index (χ1v) is 9.50. The lowest BCUT2D eigenvalue weighted by atomic mass is 9.90. The number of morpholine rings is 1. The summed E-state index contributed by atoms with van der Waals surface area (Å²) in [6.07, 6.45) is 0. The number of ether oxygens (including phenoxy) is 1. The minimum absolute atomic E-state index is 0.0265. The van der Waals surface area contributed by atoms with E-state index in [1.54, 1.807) is 6.92 Å². The van der Waals surface area contributed by atoms with Gasteiger partial charge in [0.1, 0.15) is 5.54 Å². The molecule has 0 saturated carbocycles. The number of nitrogens with one attached hydrogen (secondary N) is 1. The molecule has 25 heavy (non-hydrogen) atoms. The maximum absolute atomic E-state index is 12.2. The smallest absolute Gasteiger partial charge is 0.231 e. The Morgan fingerprint density at radius 2 is 2.12 bits per heavy atom. The zero-order valence-electron chi connectivity index (χ0n) is 15.3. The number of hydrogen-bond donors (Lipinski definition) is 1. The van der Waals surface area contributed by atoms with Gasteiger partial charge in [-0.2, -0.15) is 5.26 Å². The second-order valence-corrected chi connectivity index (χ2v) is 7.37. The molecule has 0 bridgehead atoms. The maximum Gasteiger partial charge on any atom is 0.231 e. The van der Waals surface area contributed by atoms with Crippen LogP contribution in [-0.4, -0.2) is 58.3 Å². The molecular formula is C16H26N6O2S. The van der Waals surface area contributed by atoms with Gasteiger partial charge in [-0.3, -0.25) is 9.36 Å². The molecule has 0 radical (unpaired) electrons. The van der Waals surface area contributed by atoms with Crippen molar-refractivity contribution in [2.45, 2.75) is 44.9 Å². The van der Waals surface area contributed by atoms with Crippen LogP contribution in [-0.2, 0) is 16.1 Å². The second kappa shape index (κ2) is 8.54. The number of carbonyl (C=O) groups excluding carboxylic acids is 1. The van der Waals surface area contributed by atoms with Crippen LogP contribution in [0.4, 0.5) is 5.95 Å². The standard InChI is InChI=1S/C16H26N6O2S/c1-5-22-14(21-6-8-24-9-7-21)19-20-15(22)25-10-13(23)18-16(4,11-17)12(2)3/h12H,5-10H2,1-4H3,(H,18,23)/t16-/m1/s1. The summed E-state index contributed by atoms with van der Waals surface area (Å²) in [7, 11) is 0. The van der Waals surface area contributed by atoms with Crippen molar-refractivity contribution in [1.29, 1.82) is 5.26 Å². The fourth-order valence-electron chi connectivity index (χ4n) is 2.42. The van der Waals surface area contributed by atoms with Crippen molar-refractivity contribution in [3.63, 3.8) is 0 Å². The SMILES string of the molecule is CCn1c(SCC(=O)N[C@](C)(C#N)C(C)C)nnc1N1CCOCC1. The number of thioether (sulfide) groups is 1. The first kappa shape index (κ1) is 19.5. The molecule has 1 saturated heterocycles. The molecule has 2 heterocycles. The van der Waals surface area contributed by atoms with Crippen molar-refractivity contribution in [3.05, 3.63) is 0 Å². The van der Waals surface area contributed by atoms with Gasteiger partial charge in [0, 0.05) is 19.6 Å². The predicted octanol–water partition coefficient (Wildman–Crippen LogP) is 1.28. The molecule has 138 valence electrons. The number of rotatable bonds is 7. The number of hydrogen-bond acceptors (Lipinski definition) is 7. The molecule has 8 nitrogen and oxygen atoms in total. The number of nitrogens with zero attached hydrogens (tertiary/aromatic N) is 5. The van der Waals surface area contributed by atoms with Gasteiger partial charge in [-0.15, -0.1) is 10.2 Å². The van der Waals surface area contributed by atoms with Gasteiger partial charge >= 0.3 is 0 Å². The van der Waals surface area contributed by atoms with Gasteiger partial charge in [0.15, 0.2) is 5.16 Å². The Hall–Kier alpha value is -1.79. The molecule has 1 N–H and O–H groups in total. The van der Waals surface area contributed by atoms with Crippen molar-refractivity contribution in [1.82, 2.24) is 20.1 Å². The molecule has 0 aliphatic carbocycles. The van der Waals surface area contributed by atoms with Gasteiger partial charge in [0.05, 0.1) is 25.0 Å². The summed E-state index contributed by atoms with van der Waals surface area (Å²) in [6.45, 7) is 11.3. The maximum atomic E-state index is 12.2. The highest BCUT2D eigenvalue weighted by Gasteiger charge is 2.30. The van der Waals surface area contributed by atoms with Crippen molar-refractivity contribution >= 4 is 23.6 Å². The molecule has 1 aliphatic heterocycles. The van der Waals surface area contributed by atoms with Gasteiger partial charge in [-0.05, 0) is 19.8 Å². The minimum Gasteiger partial charge on any atom is -0.378 e. The molecule has 1 amide bonds. The van der Waals surface area contributed by atoms with Crippen LogP contribution in [0, 0.1) is 17.2 Å². The predicted molar refractivity (Wildman–Crippen MR) is 96.5 cm³/mol. The summed E-state index contributed by atoms with van der Waals surface area (Å²) in [5.41, 5.74) is -0.866. The molecule has 1 aromatic rings. The molecule has 0 aromatic carbocycles. The van der Waals surface area contributed by atoms with E-state index in [2.05, 4.69) is 26.5 Å². The number of aromatic nitrogens is 3. The zero-order chi connectivity index (χ0) is 18.4. The average Bonchev–Trinajstić information content (AvgIpc) is 3.03. The van der Waals surface area contributed by atoms with Crippen LogP contribution >= 0.6 is 11.8 Å². The lowest BCUT2D eigenvalue weighted by Gasteiger charge is -2.28. The molecule has 1 aliphatic rings. The molecular weight excluding hydrogens is 340 g/mol. The third kappa shape index (κ3) is 4.64. The van der Waals surface area contributed by atoms with Crippen LogP contribution in [0.15, 0.2) is 5.16 Å². The Labute approximate surface area is 152 Å². The number of anilines is 1. The lowest BCUT2D eigenvalue weighted by molar-refractivity contribution is -0.120. The van der Waals surface area contributed by atoms with E-state index in [1.165, 1.54) is 11.8 Å². The van der Waals surface area contributed by atoms with Crippen molar-refractivity contribution in [2.75, 3.05) is 37.0 Å². The molecule has 1 atom stereocenters. The average molecular weight is 366 g/mol. The molecule has 2 rings (SSSR count). The first-order chi connectivity index (χ1) is 11.9. The Bertz CT molecular complexity index is 635. The number of nitriles is 1. The van der Waals surface area contributed by atoms with Crippen molar-refractivity contribution in [3.8, 4) is 6.07 Å². The van der Waals surface area contributed by atoms with E-state index in [0.717, 1.165) is 25.6 Å². The lowest BCUT2D eigenvalue weighted by Crippen LogP contribution is -2.49. The Morgan fingerprint density at radius 3 is 2.68 bits per heavy atom. The first-order valence-electron chi connectivity index (χ1n) is 8.52. The molecule has 0 spiro atoms. The third-order valence-corrected chi connectivity index (χ3v) is 5.39. The van der Waals surface area contributed by atoms with E-state index < -0.39 is 5.54 Å². The van der Waals surface area contributed by atoms with Crippen LogP contribution in [0.5, 0.6) is 0 Å². The van der Waals surface area contributed by atoms with Gasteiger partial charge < -0.3 is 15.0 Å². The zero-order valence-corrected chi connectivity index (χ0v) is 16.1. The summed E-state index contributed by atoms with van der Waals surface area (Å²) in [5, 5.41) is 21.4. The Kier molecular flexibility index (Phi) is 6.67. The van der Waals surface area contributed by atoms with E-state index >= 15 is 0 Å². The topological polar surface area (TPSA) is 96.1 Å². The summed E-state index contributed by atoms with van der Waals surface area (Å²) in [6, 6.07) is 2.18. The molecule has 9 heteroatoms. The highest BCUT2D eigenvalue weighted by atomic mass is 32.2. The quantitative estimate of drug-likeness (QED) is 0.726. The van der Waals surface area contributed by atoms with Crippen LogP contribution in [0.1, 0.15) is 27.7 Å².